The van der Waals surface area contributed by atoms with Crippen LogP contribution in [0.1, 0.15) is 87.6 Å². The van der Waals surface area contributed by atoms with Crippen LogP contribution in [-0.2, 0) is 11.0 Å². The number of allylic oxidation sites excluding steroid dienone is 2. The summed E-state index contributed by atoms with van der Waals surface area (Å²) in [5.41, 5.74) is 2.45. The average Bonchev–Trinajstić information content (AvgIpc) is 3.73. The van der Waals surface area contributed by atoms with Crippen LogP contribution in [-0.4, -0.2) is 16.5 Å². The second-order valence-corrected chi connectivity index (χ2v) is 10.6. The van der Waals surface area contributed by atoms with E-state index >= 15 is 0 Å². The average molecular weight is 537 g/mol. The number of rotatable bonds is 7. The number of benzene rings is 1. The van der Waals surface area contributed by atoms with Gasteiger partial charge in [0.1, 0.15) is 0 Å². The zero-order chi connectivity index (χ0) is 27.4. The fourth-order valence-corrected chi connectivity index (χ4v) is 5.00. The van der Waals surface area contributed by atoms with E-state index in [4.69, 9.17) is 0 Å². The van der Waals surface area contributed by atoms with E-state index in [1.807, 2.05) is 31.2 Å². The van der Waals surface area contributed by atoms with Crippen molar-refractivity contribution in [2.45, 2.75) is 83.6 Å². The number of halogens is 3. The molecule has 1 heterocycles. The number of aryl methyl sites for hydroxylation is 1. The second kappa shape index (κ2) is 15.1. The van der Waals surface area contributed by atoms with Crippen LogP contribution < -0.4 is 16.4 Å². The molecule has 2 fully saturated rings. The largest absolute Gasteiger partial charge is 0.417 e. The third kappa shape index (κ3) is 9.79. The molecule has 0 unspecified atom stereocenters. The van der Waals surface area contributed by atoms with Gasteiger partial charge in [-0.25, -0.2) is 0 Å². The first-order valence-electron chi connectivity index (χ1n) is 12.8. The van der Waals surface area contributed by atoms with Crippen molar-refractivity contribution in [3.8, 4) is 0 Å². The molecule has 5 N–H and O–H groups in total. The molecule has 5 nitrogen and oxygen atoms in total. The van der Waals surface area contributed by atoms with Gasteiger partial charge in [-0.05, 0) is 73.4 Å². The van der Waals surface area contributed by atoms with Crippen LogP contribution in [0.5, 0.6) is 0 Å². The van der Waals surface area contributed by atoms with E-state index < -0.39 is 11.7 Å². The van der Waals surface area contributed by atoms with Crippen molar-refractivity contribution in [1.29, 1.82) is 0 Å². The lowest BCUT2D eigenvalue weighted by Crippen LogP contribution is -2.08. The van der Waals surface area contributed by atoms with Crippen molar-refractivity contribution in [1.82, 2.24) is 4.98 Å². The highest BCUT2D eigenvalue weighted by Crippen LogP contribution is 2.36. The number of carbonyl (C=O) groups excluding carboxylic acids is 1. The second-order valence-electron chi connectivity index (χ2n) is 9.46. The Balaban J connectivity index is 0.000000455. The number of aldehydes is 1. The number of aromatic nitrogens is 1. The molecule has 0 radical (unpaired) electrons. The minimum Gasteiger partial charge on any atom is -0.330 e. The van der Waals surface area contributed by atoms with Crippen molar-refractivity contribution < 1.29 is 18.0 Å². The molecule has 9 heteroatoms. The van der Waals surface area contributed by atoms with Gasteiger partial charge in [-0.15, -0.1) is 0 Å². The highest BCUT2D eigenvalue weighted by Gasteiger charge is 2.32. The maximum atomic E-state index is 13.1. The van der Waals surface area contributed by atoms with Crippen LogP contribution in [0.2, 0.25) is 0 Å². The number of hydrogen-bond donors (Lipinski definition) is 3. The van der Waals surface area contributed by atoms with Crippen molar-refractivity contribution >= 4 is 35.1 Å². The summed E-state index contributed by atoms with van der Waals surface area (Å²) in [5, 5.41) is 0.670. The minimum atomic E-state index is -4.51. The smallest absolute Gasteiger partial charge is 0.330 e. The van der Waals surface area contributed by atoms with Gasteiger partial charge in [0.2, 0.25) is 0 Å². The Kier molecular flexibility index (Phi) is 12.6. The van der Waals surface area contributed by atoms with Crippen LogP contribution >= 0.6 is 11.9 Å². The molecule has 0 bridgehead atoms. The molecule has 1 aromatic heterocycles. The monoisotopic (exact) mass is 536 g/mol. The van der Waals surface area contributed by atoms with Gasteiger partial charge in [-0.3, -0.25) is 21.5 Å². The van der Waals surface area contributed by atoms with E-state index in [-0.39, 0.29) is 11.1 Å². The van der Waals surface area contributed by atoms with Gasteiger partial charge in [0.05, 0.1) is 5.56 Å². The quantitative estimate of drug-likeness (QED) is 0.111. The Labute approximate surface area is 222 Å². The Morgan fingerprint density at radius 3 is 2.19 bits per heavy atom. The molecule has 2 aromatic rings. The molecule has 0 aliphatic heterocycles. The Morgan fingerprint density at radius 1 is 1.11 bits per heavy atom. The highest BCUT2D eigenvalue weighted by molar-refractivity contribution is 8.01. The summed E-state index contributed by atoms with van der Waals surface area (Å²) < 4.78 is 42.6. The van der Waals surface area contributed by atoms with Gasteiger partial charge >= 0.3 is 6.18 Å². The third-order valence-corrected chi connectivity index (χ3v) is 7.65. The van der Waals surface area contributed by atoms with Crippen molar-refractivity contribution in [3.05, 3.63) is 58.9 Å². The standard InChI is InChI=1S/C21H21F3N2OS.C7H14.H4N2/c1-3-18(14-4-6-16(7-5-14)26-28-17-8-9-17)20(12-27)19-10-15(21(22,23)24)11-25-13(19)2;1-7-5-3-2-4-6-7;1-2/h4-7,10-12,17,26H,3,8-9H2,1-2H3;7H,2-6H2,1H3;1-2H2/b20-18+;;. The molecule has 0 spiro atoms. The Hall–Kier alpha value is -2.36. The molecule has 2 saturated carbocycles. The molecule has 204 valence electrons. The molecule has 0 amide bonds. The third-order valence-electron chi connectivity index (χ3n) is 6.50. The number of hydrogen-bond acceptors (Lipinski definition) is 6. The van der Waals surface area contributed by atoms with Crippen molar-refractivity contribution in [2.24, 2.45) is 17.6 Å². The normalized spacial score (nSPS) is 16.4. The van der Waals surface area contributed by atoms with E-state index in [0.29, 0.717) is 29.2 Å². The molecule has 4 rings (SSSR count). The van der Waals surface area contributed by atoms with E-state index in [0.717, 1.165) is 29.4 Å². The zero-order valence-corrected chi connectivity index (χ0v) is 22.7. The van der Waals surface area contributed by atoms with E-state index in [2.05, 4.69) is 28.3 Å². The summed E-state index contributed by atoms with van der Waals surface area (Å²) in [5.74, 6) is 9.04. The number of nitrogens with one attached hydrogen (secondary N) is 1. The van der Waals surface area contributed by atoms with Gasteiger partial charge < -0.3 is 4.72 Å². The van der Waals surface area contributed by atoms with Gasteiger partial charge in [-0.1, -0.05) is 58.1 Å². The number of anilines is 1. The number of nitrogens with two attached hydrogens (primary N) is 2. The van der Waals surface area contributed by atoms with E-state index in [1.165, 1.54) is 44.9 Å². The van der Waals surface area contributed by atoms with Gasteiger partial charge in [0.15, 0.2) is 6.29 Å². The lowest BCUT2D eigenvalue weighted by Gasteiger charge is -2.15. The molecule has 0 atom stereocenters. The van der Waals surface area contributed by atoms with Gasteiger partial charge in [0.25, 0.3) is 0 Å². The highest BCUT2D eigenvalue weighted by atomic mass is 32.2. The number of hydrazine groups is 1. The number of carbonyl (C=O) groups is 1. The molecular weight excluding hydrogens is 497 g/mol. The number of nitrogens with zero attached hydrogens (tertiary/aromatic N) is 1. The minimum absolute atomic E-state index is 0.216. The first kappa shape index (κ1) is 30.9. The Bertz CT molecular complexity index is 1020. The summed E-state index contributed by atoms with van der Waals surface area (Å²) in [6.45, 7) is 5.85. The van der Waals surface area contributed by atoms with Gasteiger partial charge in [0, 0.05) is 34.0 Å². The molecule has 37 heavy (non-hydrogen) atoms. The fourth-order valence-electron chi connectivity index (χ4n) is 4.19. The number of pyridine rings is 1. The fraction of sp³-hybridized carbons (Fsp3) is 0.500. The van der Waals surface area contributed by atoms with Crippen LogP contribution in [0, 0.1) is 12.8 Å². The zero-order valence-electron chi connectivity index (χ0n) is 21.9. The first-order valence-corrected chi connectivity index (χ1v) is 13.7. The summed E-state index contributed by atoms with van der Waals surface area (Å²) in [6.07, 6.45) is 7.31. The maximum Gasteiger partial charge on any atom is 0.417 e. The van der Waals surface area contributed by atoms with Crippen molar-refractivity contribution in [3.63, 3.8) is 0 Å². The Morgan fingerprint density at radius 2 is 1.73 bits per heavy atom. The maximum absolute atomic E-state index is 13.1. The van der Waals surface area contributed by atoms with E-state index in [1.54, 1.807) is 18.9 Å². The molecule has 2 aliphatic rings. The van der Waals surface area contributed by atoms with E-state index in [9.17, 15) is 18.0 Å². The first-order chi connectivity index (χ1) is 17.7. The molecular formula is C28H39F3N4OS. The molecule has 0 saturated heterocycles. The predicted octanol–water partition coefficient (Wildman–Crippen LogP) is 7.56. The molecule has 2 aliphatic carbocycles. The summed E-state index contributed by atoms with van der Waals surface area (Å²) >= 11 is 1.70. The van der Waals surface area contributed by atoms with Gasteiger partial charge in [-0.2, -0.15) is 13.2 Å². The summed E-state index contributed by atoms with van der Waals surface area (Å²) in [6, 6.07) is 8.60. The lowest BCUT2D eigenvalue weighted by atomic mass is 9.91. The lowest BCUT2D eigenvalue weighted by molar-refractivity contribution is -0.137. The van der Waals surface area contributed by atoms with Crippen LogP contribution in [0.25, 0.3) is 11.1 Å². The summed E-state index contributed by atoms with van der Waals surface area (Å²) in [7, 11) is 0. The number of alkyl halides is 3. The summed E-state index contributed by atoms with van der Waals surface area (Å²) in [4.78, 5) is 15.7. The van der Waals surface area contributed by atoms with Crippen molar-refractivity contribution in [2.75, 3.05) is 4.72 Å². The van der Waals surface area contributed by atoms with Crippen LogP contribution in [0.3, 0.4) is 0 Å². The predicted molar refractivity (Wildman–Crippen MR) is 148 cm³/mol. The molecule has 1 aromatic carbocycles. The SMILES string of the molecule is CC/C(=C(/C=O)c1cc(C(F)(F)F)cnc1C)c1ccc(NSC2CC2)cc1.CC1CCCCC1.NN. The van der Waals surface area contributed by atoms with Crippen LogP contribution in [0.15, 0.2) is 36.5 Å². The topological polar surface area (TPSA) is 94.0 Å². The van der Waals surface area contributed by atoms with Crippen LogP contribution in [0.4, 0.5) is 18.9 Å².